The van der Waals surface area contributed by atoms with Crippen molar-refractivity contribution >= 4 is 39.0 Å². The highest BCUT2D eigenvalue weighted by atomic mass is 16.5. The molecule has 0 atom stereocenters. The van der Waals surface area contributed by atoms with E-state index in [4.69, 9.17) is 9.15 Å². The van der Waals surface area contributed by atoms with Crippen molar-refractivity contribution in [2.45, 2.75) is 38.5 Å². The average molecular weight is 812 g/mol. The van der Waals surface area contributed by atoms with Gasteiger partial charge in [0.25, 0.3) is 0 Å². The molecular weight excluding hydrogens is 767 g/mol. The predicted molar refractivity (Wildman–Crippen MR) is 261 cm³/mol. The summed E-state index contributed by atoms with van der Waals surface area (Å²) in [6, 6.07) is 72.1. The third kappa shape index (κ3) is 5.73. The molecule has 2 heterocycles. The largest absolute Gasteiger partial charge is 0.455 e. The Balaban J connectivity index is 1.00. The number of rotatable bonds is 6. The highest BCUT2D eigenvalue weighted by molar-refractivity contribution is 6.10. The maximum absolute atomic E-state index is 6.97. The minimum absolute atomic E-state index is 0.247. The molecule has 2 aliphatic rings. The van der Waals surface area contributed by atoms with Crippen LogP contribution in [-0.4, -0.2) is 0 Å². The Kier molecular flexibility index (Phi) is 8.23. The Labute approximate surface area is 368 Å². The van der Waals surface area contributed by atoms with Crippen molar-refractivity contribution in [1.29, 1.82) is 0 Å². The number of furan rings is 1. The maximum Gasteiger partial charge on any atom is 0.155 e. The number of anilines is 3. The smallest absolute Gasteiger partial charge is 0.155 e. The van der Waals surface area contributed by atoms with Crippen LogP contribution in [0.5, 0.6) is 11.5 Å². The van der Waals surface area contributed by atoms with E-state index in [1.165, 1.54) is 50.1 Å². The summed E-state index contributed by atoms with van der Waals surface area (Å²) < 4.78 is 13.6. The fraction of sp³-hybridized carbons (Fsp3) is 0.100. The minimum Gasteiger partial charge on any atom is -0.455 e. The SMILES string of the molecule is CC1(C)c2ccccc2Oc2c(N(c3ccc(-c4cccc5c4oc4ccc(-c6ccccc6)cc45)cc3)c3ccc4c(c3)C(C)(C)c3c(-c5ccccc5)cccc3-4)cccc21. The summed E-state index contributed by atoms with van der Waals surface area (Å²) >= 11 is 0. The van der Waals surface area contributed by atoms with E-state index in [0.29, 0.717) is 0 Å². The van der Waals surface area contributed by atoms with Gasteiger partial charge in [0.1, 0.15) is 16.9 Å². The zero-order chi connectivity index (χ0) is 42.5. The number of nitrogens with zero attached hydrogens (tertiary/aromatic N) is 1. The maximum atomic E-state index is 6.97. The van der Waals surface area contributed by atoms with Crippen LogP contribution in [0.25, 0.3) is 66.4 Å². The monoisotopic (exact) mass is 811 g/mol. The van der Waals surface area contributed by atoms with Gasteiger partial charge in [-0.15, -0.1) is 0 Å². The Bertz CT molecular complexity index is 3410. The molecule has 1 aliphatic heterocycles. The van der Waals surface area contributed by atoms with Crippen LogP contribution in [0.4, 0.5) is 17.1 Å². The molecular formula is C60H45NO2. The third-order valence-corrected chi connectivity index (χ3v) is 13.7. The lowest BCUT2D eigenvalue weighted by Crippen LogP contribution is -2.25. The van der Waals surface area contributed by atoms with Gasteiger partial charge >= 0.3 is 0 Å². The molecule has 10 aromatic rings. The molecule has 3 nitrogen and oxygen atoms in total. The number of fused-ring (bicyclic) bond motifs is 8. The van der Waals surface area contributed by atoms with Crippen molar-refractivity contribution < 1.29 is 9.15 Å². The topological polar surface area (TPSA) is 25.6 Å². The summed E-state index contributed by atoms with van der Waals surface area (Å²) in [6.45, 7) is 9.36. The molecule has 0 saturated heterocycles. The first kappa shape index (κ1) is 37.2. The van der Waals surface area contributed by atoms with Crippen LogP contribution in [0.1, 0.15) is 49.9 Å². The number of hydrogen-bond donors (Lipinski definition) is 0. The molecule has 1 aromatic heterocycles. The molecule has 0 spiro atoms. The summed E-state index contributed by atoms with van der Waals surface area (Å²) in [5, 5.41) is 2.23. The van der Waals surface area contributed by atoms with Crippen molar-refractivity contribution in [3.8, 4) is 56.0 Å². The third-order valence-electron chi connectivity index (χ3n) is 13.7. The van der Waals surface area contributed by atoms with Gasteiger partial charge in [0.2, 0.25) is 0 Å². The Hall–Kier alpha value is -7.62. The van der Waals surface area contributed by atoms with E-state index < -0.39 is 0 Å². The second kappa shape index (κ2) is 14.0. The molecule has 0 saturated carbocycles. The minimum atomic E-state index is -0.266. The highest BCUT2D eigenvalue weighted by Gasteiger charge is 2.40. The fourth-order valence-corrected chi connectivity index (χ4v) is 10.5. The molecule has 12 rings (SSSR count). The van der Waals surface area contributed by atoms with Gasteiger partial charge in [-0.3, -0.25) is 0 Å². The summed E-state index contributed by atoms with van der Waals surface area (Å²) in [4.78, 5) is 2.39. The molecule has 0 amide bonds. The summed E-state index contributed by atoms with van der Waals surface area (Å²) in [6.07, 6.45) is 0. The second-order valence-electron chi connectivity index (χ2n) is 18.1. The molecule has 0 radical (unpaired) electrons. The molecule has 9 aromatic carbocycles. The van der Waals surface area contributed by atoms with Gasteiger partial charge in [-0.25, -0.2) is 0 Å². The van der Waals surface area contributed by atoms with E-state index in [1.54, 1.807) is 0 Å². The Morgan fingerprint density at radius 1 is 0.397 bits per heavy atom. The van der Waals surface area contributed by atoms with Crippen molar-refractivity contribution in [3.05, 3.63) is 222 Å². The molecule has 3 heteroatoms. The quantitative estimate of drug-likeness (QED) is 0.167. The molecule has 0 bridgehead atoms. The van der Waals surface area contributed by atoms with Gasteiger partial charge in [-0.1, -0.05) is 179 Å². The summed E-state index contributed by atoms with van der Waals surface area (Å²) in [5.74, 6) is 1.77. The number of benzene rings is 9. The first-order valence-electron chi connectivity index (χ1n) is 21.9. The molecule has 1 aliphatic carbocycles. The normalized spacial score (nSPS) is 14.1. The van der Waals surface area contributed by atoms with Gasteiger partial charge in [0.15, 0.2) is 5.75 Å². The number of para-hydroxylation sites is 3. The van der Waals surface area contributed by atoms with Crippen LogP contribution >= 0.6 is 0 Å². The lowest BCUT2D eigenvalue weighted by Gasteiger charge is -2.37. The molecule has 0 N–H and O–H groups in total. The summed E-state index contributed by atoms with van der Waals surface area (Å²) in [7, 11) is 0. The molecule has 0 unspecified atom stereocenters. The second-order valence-corrected chi connectivity index (χ2v) is 18.1. The van der Waals surface area contributed by atoms with Gasteiger partial charge in [0, 0.05) is 49.7 Å². The van der Waals surface area contributed by atoms with Crippen molar-refractivity contribution in [1.82, 2.24) is 0 Å². The van der Waals surface area contributed by atoms with Crippen LogP contribution < -0.4 is 9.64 Å². The number of ether oxygens (including phenoxy) is 1. The van der Waals surface area contributed by atoms with Crippen LogP contribution in [0, 0.1) is 0 Å². The van der Waals surface area contributed by atoms with E-state index in [9.17, 15) is 0 Å². The van der Waals surface area contributed by atoms with Gasteiger partial charge in [-0.2, -0.15) is 0 Å². The standard InChI is InChI=1S/C60H45NO2/c1-59(2)50-24-11-12-27-55(50)63-58-51(59)25-15-26-53(58)61(43-33-34-46-47-22-13-20-44(39-18-9-6-10-19-39)56(47)60(3,4)52(46)37-43)42-31-28-40(29-32-42)45-21-14-23-48-49-36-41(38-16-7-5-8-17-38)30-35-54(49)62-57(45)48/h5-37H,1-4H3. The van der Waals surface area contributed by atoms with E-state index in [-0.39, 0.29) is 10.8 Å². The van der Waals surface area contributed by atoms with E-state index in [2.05, 4.69) is 233 Å². The zero-order valence-corrected chi connectivity index (χ0v) is 35.8. The van der Waals surface area contributed by atoms with Crippen LogP contribution in [0.3, 0.4) is 0 Å². The van der Waals surface area contributed by atoms with Crippen LogP contribution in [0.15, 0.2) is 205 Å². The van der Waals surface area contributed by atoms with E-state index in [1.807, 2.05) is 0 Å². The van der Waals surface area contributed by atoms with Crippen molar-refractivity contribution in [2.75, 3.05) is 4.90 Å². The van der Waals surface area contributed by atoms with Gasteiger partial charge in [-0.05, 0) is 98.6 Å². The molecule has 302 valence electrons. The number of hydrogen-bond acceptors (Lipinski definition) is 3. The zero-order valence-electron chi connectivity index (χ0n) is 35.8. The molecule has 0 fully saturated rings. The average Bonchev–Trinajstić information content (AvgIpc) is 3.81. The Morgan fingerprint density at radius 2 is 1.03 bits per heavy atom. The lowest BCUT2D eigenvalue weighted by molar-refractivity contribution is 0.419. The van der Waals surface area contributed by atoms with E-state index in [0.717, 1.165) is 67.2 Å². The van der Waals surface area contributed by atoms with Crippen LogP contribution in [-0.2, 0) is 10.8 Å². The van der Waals surface area contributed by atoms with Crippen molar-refractivity contribution in [2.24, 2.45) is 0 Å². The first-order chi connectivity index (χ1) is 30.8. The Morgan fingerprint density at radius 3 is 1.84 bits per heavy atom. The lowest BCUT2D eigenvalue weighted by atomic mass is 9.75. The van der Waals surface area contributed by atoms with Crippen molar-refractivity contribution in [3.63, 3.8) is 0 Å². The predicted octanol–water partition coefficient (Wildman–Crippen LogP) is 16.8. The van der Waals surface area contributed by atoms with Gasteiger partial charge < -0.3 is 14.1 Å². The van der Waals surface area contributed by atoms with Crippen LogP contribution in [0.2, 0.25) is 0 Å². The fourth-order valence-electron chi connectivity index (χ4n) is 10.5. The highest BCUT2D eigenvalue weighted by Crippen LogP contribution is 2.56. The van der Waals surface area contributed by atoms with E-state index >= 15 is 0 Å². The molecule has 63 heavy (non-hydrogen) atoms. The van der Waals surface area contributed by atoms with Gasteiger partial charge in [0.05, 0.1) is 5.69 Å². The summed E-state index contributed by atoms with van der Waals surface area (Å²) in [5.41, 5.74) is 19.0. The first-order valence-corrected chi connectivity index (χ1v) is 21.9.